The summed E-state index contributed by atoms with van der Waals surface area (Å²) >= 11 is 0. The molecule has 1 heterocycles. The molecule has 1 saturated heterocycles. The lowest BCUT2D eigenvalue weighted by Crippen LogP contribution is -2.32. The molecule has 0 saturated carbocycles. The van der Waals surface area contributed by atoms with Crippen LogP contribution in [0.4, 0.5) is 15.8 Å². The standard InChI is InChI=1S/C22H28FN3O/c1-17-11-14-26(15-12-17)21-8-6-20(7-9-21)24-13-10-22(27)25-16-18-2-4-19(23)5-3-18/h2-9,17,24H,10-16H2,1H3,(H,25,27). The van der Waals surface area contributed by atoms with Gasteiger partial charge in [0.05, 0.1) is 0 Å². The van der Waals surface area contributed by atoms with E-state index in [1.54, 1.807) is 12.1 Å². The molecule has 0 aromatic heterocycles. The molecule has 144 valence electrons. The summed E-state index contributed by atoms with van der Waals surface area (Å²) in [6.45, 7) is 5.57. The minimum absolute atomic E-state index is 0.0223. The fourth-order valence-electron chi connectivity index (χ4n) is 3.27. The highest BCUT2D eigenvalue weighted by Gasteiger charge is 2.15. The van der Waals surface area contributed by atoms with Crippen LogP contribution in [0.1, 0.15) is 31.7 Å². The average molecular weight is 369 g/mol. The zero-order chi connectivity index (χ0) is 19.1. The van der Waals surface area contributed by atoms with Crippen molar-refractivity contribution in [2.75, 3.05) is 29.9 Å². The maximum atomic E-state index is 12.9. The summed E-state index contributed by atoms with van der Waals surface area (Å²) in [5, 5.41) is 6.14. The van der Waals surface area contributed by atoms with Crippen molar-refractivity contribution in [1.29, 1.82) is 0 Å². The number of benzene rings is 2. The number of amides is 1. The van der Waals surface area contributed by atoms with Crippen molar-refractivity contribution in [3.63, 3.8) is 0 Å². The first kappa shape index (κ1) is 19.2. The Balaban J connectivity index is 1.37. The Morgan fingerprint density at radius 3 is 2.41 bits per heavy atom. The zero-order valence-corrected chi connectivity index (χ0v) is 15.9. The Hall–Kier alpha value is -2.56. The van der Waals surface area contributed by atoms with Gasteiger partial charge >= 0.3 is 0 Å². The molecule has 0 atom stereocenters. The number of nitrogens with zero attached hydrogens (tertiary/aromatic N) is 1. The van der Waals surface area contributed by atoms with Gasteiger partial charge in [-0.1, -0.05) is 19.1 Å². The smallest absolute Gasteiger partial charge is 0.222 e. The number of halogens is 1. The van der Waals surface area contributed by atoms with Gasteiger partial charge < -0.3 is 15.5 Å². The Morgan fingerprint density at radius 1 is 1.07 bits per heavy atom. The van der Waals surface area contributed by atoms with E-state index in [1.807, 2.05) is 0 Å². The van der Waals surface area contributed by atoms with E-state index < -0.39 is 0 Å². The SMILES string of the molecule is CC1CCN(c2ccc(NCCC(=O)NCc3ccc(F)cc3)cc2)CC1. The Kier molecular flexibility index (Phi) is 6.69. The molecule has 4 nitrogen and oxygen atoms in total. The van der Waals surface area contributed by atoms with Crippen molar-refractivity contribution in [2.24, 2.45) is 5.92 Å². The molecular weight excluding hydrogens is 341 g/mol. The normalized spacial score (nSPS) is 14.8. The number of nitrogens with one attached hydrogen (secondary N) is 2. The summed E-state index contributed by atoms with van der Waals surface area (Å²) in [6.07, 6.45) is 2.91. The predicted octanol–water partition coefficient (Wildman–Crippen LogP) is 4.18. The number of anilines is 2. The minimum Gasteiger partial charge on any atom is -0.385 e. The molecule has 5 heteroatoms. The molecule has 1 aliphatic rings. The molecule has 1 amide bonds. The quantitative estimate of drug-likeness (QED) is 0.769. The third kappa shape index (κ3) is 5.98. The monoisotopic (exact) mass is 369 g/mol. The molecular formula is C22H28FN3O. The van der Waals surface area contributed by atoms with E-state index in [0.29, 0.717) is 19.5 Å². The molecule has 1 fully saturated rings. The number of rotatable bonds is 7. The van der Waals surface area contributed by atoms with Crippen LogP contribution in [0.15, 0.2) is 48.5 Å². The first-order valence-electron chi connectivity index (χ1n) is 9.70. The molecule has 3 rings (SSSR count). The highest BCUT2D eigenvalue weighted by molar-refractivity contribution is 5.76. The summed E-state index contributed by atoms with van der Waals surface area (Å²) in [6, 6.07) is 14.6. The highest BCUT2D eigenvalue weighted by atomic mass is 19.1. The van der Waals surface area contributed by atoms with Gasteiger partial charge in [-0.3, -0.25) is 4.79 Å². The lowest BCUT2D eigenvalue weighted by molar-refractivity contribution is -0.121. The lowest BCUT2D eigenvalue weighted by Gasteiger charge is -2.32. The predicted molar refractivity (Wildman–Crippen MR) is 108 cm³/mol. The fourth-order valence-corrected chi connectivity index (χ4v) is 3.27. The van der Waals surface area contributed by atoms with Crippen molar-refractivity contribution in [2.45, 2.75) is 32.7 Å². The second-order valence-electron chi connectivity index (χ2n) is 7.30. The molecule has 2 N–H and O–H groups in total. The zero-order valence-electron chi connectivity index (χ0n) is 15.9. The second kappa shape index (κ2) is 9.40. The summed E-state index contributed by atoms with van der Waals surface area (Å²) < 4.78 is 12.9. The molecule has 27 heavy (non-hydrogen) atoms. The topological polar surface area (TPSA) is 44.4 Å². The van der Waals surface area contributed by atoms with Crippen molar-refractivity contribution in [3.05, 3.63) is 59.9 Å². The summed E-state index contributed by atoms with van der Waals surface area (Å²) in [4.78, 5) is 14.4. The number of piperidine rings is 1. The molecule has 0 spiro atoms. The van der Waals surface area contributed by atoms with Gasteiger partial charge in [-0.25, -0.2) is 4.39 Å². The number of hydrogen-bond donors (Lipinski definition) is 2. The highest BCUT2D eigenvalue weighted by Crippen LogP contribution is 2.24. The van der Waals surface area contributed by atoms with Gasteiger partial charge in [0, 0.05) is 44.0 Å². The number of carbonyl (C=O) groups is 1. The largest absolute Gasteiger partial charge is 0.385 e. The maximum Gasteiger partial charge on any atom is 0.222 e. The number of carbonyl (C=O) groups excluding carboxylic acids is 1. The molecule has 0 radical (unpaired) electrons. The second-order valence-corrected chi connectivity index (χ2v) is 7.30. The first-order valence-corrected chi connectivity index (χ1v) is 9.70. The van der Waals surface area contributed by atoms with Crippen LogP contribution in [0.3, 0.4) is 0 Å². The van der Waals surface area contributed by atoms with Crippen LogP contribution in [-0.4, -0.2) is 25.5 Å². The van der Waals surface area contributed by atoms with Crippen LogP contribution in [0, 0.1) is 11.7 Å². The van der Waals surface area contributed by atoms with Crippen LogP contribution in [0.5, 0.6) is 0 Å². The fraction of sp³-hybridized carbons (Fsp3) is 0.409. The van der Waals surface area contributed by atoms with Gasteiger partial charge in [0.2, 0.25) is 5.91 Å². The van der Waals surface area contributed by atoms with Crippen molar-refractivity contribution >= 4 is 17.3 Å². The molecule has 0 bridgehead atoms. The van der Waals surface area contributed by atoms with E-state index in [2.05, 4.69) is 46.7 Å². The van der Waals surface area contributed by atoms with Gasteiger partial charge in [0.1, 0.15) is 5.82 Å². The van der Waals surface area contributed by atoms with Crippen LogP contribution in [-0.2, 0) is 11.3 Å². The third-order valence-corrected chi connectivity index (χ3v) is 5.10. The van der Waals surface area contributed by atoms with E-state index in [9.17, 15) is 9.18 Å². The lowest BCUT2D eigenvalue weighted by atomic mass is 9.99. The molecule has 0 unspecified atom stereocenters. The van der Waals surface area contributed by atoms with Gasteiger partial charge in [-0.15, -0.1) is 0 Å². The summed E-state index contributed by atoms with van der Waals surface area (Å²) in [5.41, 5.74) is 3.18. The minimum atomic E-state index is -0.268. The van der Waals surface area contributed by atoms with Crippen LogP contribution in [0.2, 0.25) is 0 Å². The Labute approximate surface area is 160 Å². The van der Waals surface area contributed by atoms with Crippen LogP contribution < -0.4 is 15.5 Å². The maximum absolute atomic E-state index is 12.9. The molecule has 2 aromatic carbocycles. The van der Waals surface area contributed by atoms with Crippen LogP contribution in [0.25, 0.3) is 0 Å². The van der Waals surface area contributed by atoms with Crippen molar-refractivity contribution in [3.8, 4) is 0 Å². The van der Waals surface area contributed by atoms with E-state index in [1.165, 1.54) is 30.7 Å². The van der Waals surface area contributed by atoms with Crippen LogP contribution >= 0.6 is 0 Å². The van der Waals surface area contributed by atoms with Gasteiger partial charge in [0.15, 0.2) is 0 Å². The Bertz CT molecular complexity index is 722. The summed E-state index contributed by atoms with van der Waals surface area (Å²) in [5.74, 6) is 0.539. The average Bonchev–Trinajstić information content (AvgIpc) is 2.69. The van der Waals surface area contributed by atoms with Crippen molar-refractivity contribution in [1.82, 2.24) is 5.32 Å². The van der Waals surface area contributed by atoms with E-state index in [0.717, 1.165) is 30.3 Å². The van der Waals surface area contributed by atoms with E-state index >= 15 is 0 Å². The Morgan fingerprint density at radius 2 is 1.74 bits per heavy atom. The summed E-state index contributed by atoms with van der Waals surface area (Å²) in [7, 11) is 0. The van der Waals surface area contributed by atoms with Gasteiger partial charge in [0.25, 0.3) is 0 Å². The van der Waals surface area contributed by atoms with Crippen molar-refractivity contribution < 1.29 is 9.18 Å². The van der Waals surface area contributed by atoms with Gasteiger partial charge in [-0.05, 0) is 60.7 Å². The molecule has 0 aliphatic carbocycles. The van der Waals surface area contributed by atoms with E-state index in [4.69, 9.17) is 0 Å². The van der Waals surface area contributed by atoms with Gasteiger partial charge in [-0.2, -0.15) is 0 Å². The molecule has 2 aromatic rings. The third-order valence-electron chi connectivity index (χ3n) is 5.10. The first-order chi connectivity index (χ1) is 13.1. The number of hydrogen-bond acceptors (Lipinski definition) is 3. The van der Waals surface area contributed by atoms with E-state index in [-0.39, 0.29) is 11.7 Å². The molecule has 1 aliphatic heterocycles.